The Hall–Kier alpha value is -1.61. The molecule has 1 amide bonds. The van der Waals surface area contributed by atoms with Gasteiger partial charge in [0.2, 0.25) is 0 Å². The summed E-state index contributed by atoms with van der Waals surface area (Å²) in [5.74, 6) is 0.0682. The molecule has 0 bridgehead atoms. The minimum Gasteiger partial charge on any atom is -0.342 e. The molecule has 0 aliphatic heterocycles. The van der Waals surface area contributed by atoms with Crippen molar-refractivity contribution in [2.75, 3.05) is 13.6 Å². The molecular weight excluding hydrogens is 326 g/mol. The van der Waals surface area contributed by atoms with E-state index in [-0.39, 0.29) is 5.91 Å². The van der Waals surface area contributed by atoms with E-state index in [1.165, 1.54) is 5.56 Å². The first-order valence-electron chi connectivity index (χ1n) is 7.14. The molecule has 2 aromatic rings. The molecule has 0 radical (unpaired) electrons. The molecule has 0 aliphatic carbocycles. The van der Waals surface area contributed by atoms with Crippen LogP contribution in [0.5, 0.6) is 0 Å². The van der Waals surface area contributed by atoms with E-state index in [9.17, 15) is 4.79 Å². The van der Waals surface area contributed by atoms with Crippen molar-refractivity contribution < 1.29 is 4.79 Å². The molecule has 0 fully saturated rings. The molecule has 2 rings (SSSR count). The number of carbonyl (C=O) groups excluding carboxylic acids is 1. The predicted molar refractivity (Wildman–Crippen MR) is 90.6 cm³/mol. The third-order valence-electron chi connectivity index (χ3n) is 3.57. The van der Waals surface area contributed by atoms with E-state index in [1.54, 1.807) is 4.90 Å². The smallest absolute Gasteiger partial charge is 0.254 e. The predicted octanol–water partition coefficient (Wildman–Crippen LogP) is 4.46. The molecular formula is C18H20BrNO. The molecule has 2 aromatic carbocycles. The Kier molecular flexibility index (Phi) is 5.57. The number of hydrogen-bond donors (Lipinski definition) is 0. The second-order valence-corrected chi connectivity index (χ2v) is 6.05. The molecule has 3 heteroatoms. The molecule has 0 heterocycles. The third-order valence-corrected chi connectivity index (χ3v) is 4.62. The van der Waals surface area contributed by atoms with E-state index in [4.69, 9.17) is 0 Å². The molecule has 110 valence electrons. The van der Waals surface area contributed by atoms with Gasteiger partial charge in [-0.3, -0.25) is 4.79 Å². The van der Waals surface area contributed by atoms with Crippen molar-refractivity contribution in [1.29, 1.82) is 0 Å². The van der Waals surface area contributed by atoms with Gasteiger partial charge in [-0.15, -0.1) is 0 Å². The monoisotopic (exact) mass is 345 g/mol. The lowest BCUT2D eigenvalue weighted by atomic mass is 10.1. The molecule has 0 unspecified atom stereocenters. The van der Waals surface area contributed by atoms with Gasteiger partial charge in [0, 0.05) is 18.1 Å². The van der Waals surface area contributed by atoms with Crippen LogP contribution in [0.4, 0.5) is 0 Å². The Labute approximate surface area is 134 Å². The fourth-order valence-electron chi connectivity index (χ4n) is 2.28. The van der Waals surface area contributed by atoms with E-state index >= 15 is 0 Å². The Morgan fingerprint density at radius 3 is 2.52 bits per heavy atom. The van der Waals surface area contributed by atoms with Crippen LogP contribution >= 0.6 is 15.9 Å². The number of halogens is 1. The van der Waals surface area contributed by atoms with Crippen molar-refractivity contribution in [3.8, 4) is 0 Å². The fourth-order valence-corrected chi connectivity index (χ4v) is 2.72. The number of carbonyl (C=O) groups is 1. The van der Waals surface area contributed by atoms with E-state index in [1.807, 2.05) is 50.4 Å². The zero-order chi connectivity index (χ0) is 15.2. The highest BCUT2D eigenvalue weighted by Crippen LogP contribution is 2.22. The zero-order valence-electron chi connectivity index (χ0n) is 12.5. The number of amides is 1. The second kappa shape index (κ2) is 7.41. The van der Waals surface area contributed by atoms with Crippen LogP contribution in [0.2, 0.25) is 0 Å². The number of hydrogen-bond acceptors (Lipinski definition) is 1. The molecule has 0 spiro atoms. The Morgan fingerprint density at radius 1 is 1.10 bits per heavy atom. The Bertz CT molecular complexity index is 610. The standard InChI is InChI=1S/C18H20BrNO/c1-14-8-6-12-16(17(14)19)18(21)20(2)13-7-11-15-9-4-3-5-10-15/h3-6,8-10,12H,7,11,13H2,1-2H3. The van der Waals surface area contributed by atoms with E-state index in [0.29, 0.717) is 0 Å². The van der Waals surface area contributed by atoms with Crippen molar-refractivity contribution in [2.24, 2.45) is 0 Å². The first kappa shape index (κ1) is 15.8. The molecule has 0 saturated carbocycles. The summed E-state index contributed by atoms with van der Waals surface area (Å²) in [5.41, 5.74) is 3.13. The van der Waals surface area contributed by atoms with Gasteiger partial charge in [0.15, 0.2) is 0 Å². The molecule has 0 N–H and O–H groups in total. The number of aryl methyl sites for hydroxylation is 2. The van der Waals surface area contributed by atoms with Crippen LogP contribution in [0, 0.1) is 6.92 Å². The van der Waals surface area contributed by atoms with Crippen molar-refractivity contribution in [3.05, 3.63) is 69.7 Å². The van der Waals surface area contributed by atoms with Gasteiger partial charge in [0.05, 0.1) is 5.56 Å². The summed E-state index contributed by atoms with van der Waals surface area (Å²) in [5, 5.41) is 0. The second-order valence-electron chi connectivity index (χ2n) is 5.25. The van der Waals surface area contributed by atoms with Crippen LogP contribution < -0.4 is 0 Å². The van der Waals surface area contributed by atoms with Crippen molar-refractivity contribution in [1.82, 2.24) is 4.90 Å². The maximum Gasteiger partial charge on any atom is 0.254 e. The topological polar surface area (TPSA) is 20.3 Å². The Balaban J connectivity index is 1.92. The van der Waals surface area contributed by atoms with Gasteiger partial charge in [-0.1, -0.05) is 42.5 Å². The van der Waals surface area contributed by atoms with Gasteiger partial charge in [0.1, 0.15) is 0 Å². The lowest BCUT2D eigenvalue weighted by molar-refractivity contribution is 0.0792. The normalized spacial score (nSPS) is 10.4. The van der Waals surface area contributed by atoms with Crippen molar-refractivity contribution in [3.63, 3.8) is 0 Å². The molecule has 0 aliphatic rings. The first-order chi connectivity index (χ1) is 10.1. The minimum absolute atomic E-state index is 0.0682. The van der Waals surface area contributed by atoms with E-state index in [2.05, 4.69) is 28.1 Å². The van der Waals surface area contributed by atoms with E-state index in [0.717, 1.165) is 35.0 Å². The van der Waals surface area contributed by atoms with Crippen molar-refractivity contribution >= 4 is 21.8 Å². The summed E-state index contributed by atoms with van der Waals surface area (Å²) in [6.07, 6.45) is 1.96. The quantitative estimate of drug-likeness (QED) is 0.783. The SMILES string of the molecule is Cc1cccc(C(=O)N(C)CCCc2ccccc2)c1Br. The van der Waals surface area contributed by atoms with Gasteiger partial charge in [-0.2, -0.15) is 0 Å². The molecule has 2 nitrogen and oxygen atoms in total. The Morgan fingerprint density at radius 2 is 1.81 bits per heavy atom. The molecule has 0 atom stereocenters. The zero-order valence-corrected chi connectivity index (χ0v) is 14.1. The molecule has 0 saturated heterocycles. The highest BCUT2D eigenvalue weighted by Gasteiger charge is 2.15. The molecule has 21 heavy (non-hydrogen) atoms. The van der Waals surface area contributed by atoms with Crippen LogP contribution in [0.25, 0.3) is 0 Å². The first-order valence-corrected chi connectivity index (χ1v) is 7.93. The molecule has 0 aromatic heterocycles. The number of benzene rings is 2. The average molecular weight is 346 g/mol. The van der Waals surface area contributed by atoms with Gasteiger partial charge in [0.25, 0.3) is 5.91 Å². The highest BCUT2D eigenvalue weighted by molar-refractivity contribution is 9.10. The van der Waals surface area contributed by atoms with Crippen LogP contribution in [-0.2, 0) is 6.42 Å². The van der Waals surface area contributed by atoms with Crippen LogP contribution in [0.15, 0.2) is 53.0 Å². The summed E-state index contributed by atoms with van der Waals surface area (Å²) < 4.78 is 0.893. The van der Waals surface area contributed by atoms with Gasteiger partial charge in [-0.05, 0) is 52.9 Å². The van der Waals surface area contributed by atoms with Gasteiger partial charge < -0.3 is 4.90 Å². The maximum absolute atomic E-state index is 12.5. The highest BCUT2D eigenvalue weighted by atomic mass is 79.9. The van der Waals surface area contributed by atoms with Gasteiger partial charge in [-0.25, -0.2) is 0 Å². The average Bonchev–Trinajstić information content (AvgIpc) is 2.50. The number of rotatable bonds is 5. The third kappa shape index (κ3) is 4.18. The van der Waals surface area contributed by atoms with E-state index < -0.39 is 0 Å². The lowest BCUT2D eigenvalue weighted by Crippen LogP contribution is -2.28. The summed E-state index contributed by atoms with van der Waals surface area (Å²) in [6, 6.07) is 16.2. The summed E-state index contributed by atoms with van der Waals surface area (Å²) >= 11 is 3.51. The number of nitrogens with zero attached hydrogens (tertiary/aromatic N) is 1. The fraction of sp³-hybridized carbons (Fsp3) is 0.278. The van der Waals surface area contributed by atoms with Gasteiger partial charge >= 0.3 is 0 Å². The summed E-state index contributed by atoms with van der Waals surface area (Å²) in [6.45, 7) is 2.75. The summed E-state index contributed by atoms with van der Waals surface area (Å²) in [4.78, 5) is 14.3. The maximum atomic E-state index is 12.5. The van der Waals surface area contributed by atoms with Crippen molar-refractivity contribution in [2.45, 2.75) is 19.8 Å². The van der Waals surface area contributed by atoms with Crippen LogP contribution in [0.3, 0.4) is 0 Å². The summed E-state index contributed by atoms with van der Waals surface area (Å²) in [7, 11) is 1.86. The lowest BCUT2D eigenvalue weighted by Gasteiger charge is -2.18. The largest absolute Gasteiger partial charge is 0.342 e. The van der Waals surface area contributed by atoms with Crippen LogP contribution in [-0.4, -0.2) is 24.4 Å². The minimum atomic E-state index is 0.0682. The van der Waals surface area contributed by atoms with Crippen LogP contribution in [0.1, 0.15) is 27.9 Å².